The second-order valence-corrected chi connectivity index (χ2v) is 6.77. The van der Waals surface area contributed by atoms with Crippen molar-refractivity contribution in [1.82, 2.24) is 0 Å². The van der Waals surface area contributed by atoms with Gasteiger partial charge in [0.05, 0.1) is 7.11 Å². The number of ketones is 2. The summed E-state index contributed by atoms with van der Waals surface area (Å²) in [6, 6.07) is 11.7. The molecule has 2 atom stereocenters. The molecule has 2 rings (SSSR count). The zero-order valence-corrected chi connectivity index (χ0v) is 17.2. The van der Waals surface area contributed by atoms with Gasteiger partial charge in [0.2, 0.25) is 11.6 Å². The molecule has 0 aliphatic carbocycles. The molecule has 0 saturated heterocycles. The van der Waals surface area contributed by atoms with Crippen LogP contribution in [0.1, 0.15) is 11.1 Å². The highest BCUT2D eigenvalue weighted by atomic mass is 16.5. The predicted octanol–water partition coefficient (Wildman–Crippen LogP) is 0.897. The molecule has 172 valence electrons. The van der Waals surface area contributed by atoms with Crippen LogP contribution in [0.5, 0.6) is 11.5 Å². The monoisotopic (exact) mass is 456 g/mol. The van der Waals surface area contributed by atoms with Crippen LogP contribution in [0.3, 0.4) is 0 Å². The number of hydrogen-bond acceptors (Lipinski definition) is 8. The average molecular weight is 456 g/mol. The first-order valence-corrected chi connectivity index (χ1v) is 9.27. The highest BCUT2D eigenvalue weighted by molar-refractivity contribution is 6.26. The summed E-state index contributed by atoms with van der Waals surface area (Å²) < 4.78 is 4.90. The molecule has 0 spiro atoms. The number of methoxy groups -OCH3 is 1. The van der Waals surface area contributed by atoms with E-state index in [9.17, 15) is 44.7 Å². The summed E-state index contributed by atoms with van der Waals surface area (Å²) >= 11 is 0. The second-order valence-electron chi connectivity index (χ2n) is 6.77. The largest absolute Gasteiger partial charge is 0.504 e. The normalized spacial score (nSPS) is 15.0. The number of benzene rings is 2. The van der Waals surface area contributed by atoms with E-state index >= 15 is 0 Å². The molecule has 0 fully saturated rings. The molecule has 10 heteroatoms. The molecule has 0 aliphatic heterocycles. The summed E-state index contributed by atoms with van der Waals surface area (Å²) in [5.74, 6) is -8.62. The number of phenolic OH excluding ortho intramolecular Hbond substituents is 1. The number of carboxylic acid groups (broad SMARTS) is 2. The lowest BCUT2D eigenvalue weighted by molar-refractivity contribution is -0.204. The Morgan fingerprint density at radius 2 is 1.27 bits per heavy atom. The Bertz CT molecular complexity index is 1140. The molecule has 0 amide bonds. The third kappa shape index (κ3) is 4.81. The van der Waals surface area contributed by atoms with E-state index in [4.69, 9.17) is 4.74 Å². The van der Waals surface area contributed by atoms with Gasteiger partial charge in [-0.1, -0.05) is 48.6 Å². The van der Waals surface area contributed by atoms with E-state index in [0.717, 1.165) is 12.2 Å². The zero-order chi connectivity index (χ0) is 24.8. The third-order valence-corrected chi connectivity index (χ3v) is 4.71. The number of aliphatic hydroxyl groups is 2. The standard InChI is InChI=1S/C23H20O10/c1-33-17-13-15(7-10-16(17)24)9-12-19(26)23(32,21(29)30)22(31,20(27)28)18(25)11-8-14-5-3-2-4-6-14/h2-13,24,31-32H,1H3,(H,27,28)(H,29,30)/b11-8?,12-9+. The SMILES string of the molecule is COc1cc(/C=C/C(=O)C(O)(C(=O)O)C(O)(C(=O)O)C(=O)C=Cc2ccccc2)ccc1O. The van der Waals surface area contributed by atoms with E-state index in [-0.39, 0.29) is 17.1 Å². The fourth-order valence-corrected chi connectivity index (χ4v) is 2.82. The number of rotatable bonds is 10. The molecule has 0 heterocycles. The van der Waals surface area contributed by atoms with E-state index in [1.54, 1.807) is 18.2 Å². The lowest BCUT2D eigenvalue weighted by Gasteiger charge is -2.33. The van der Waals surface area contributed by atoms with Gasteiger partial charge in [-0.05, 0) is 35.4 Å². The van der Waals surface area contributed by atoms with Gasteiger partial charge in [-0.2, -0.15) is 0 Å². The van der Waals surface area contributed by atoms with Crippen LogP contribution in [0.2, 0.25) is 0 Å². The number of aliphatic carboxylic acids is 2. The van der Waals surface area contributed by atoms with E-state index in [0.29, 0.717) is 17.7 Å². The first-order chi connectivity index (χ1) is 15.5. The van der Waals surface area contributed by atoms with E-state index in [1.807, 2.05) is 0 Å². The number of ether oxygens (including phenoxy) is 1. The quantitative estimate of drug-likeness (QED) is 0.255. The maximum atomic E-state index is 12.6. The molecule has 33 heavy (non-hydrogen) atoms. The average Bonchev–Trinajstić information content (AvgIpc) is 2.80. The first-order valence-electron chi connectivity index (χ1n) is 9.27. The van der Waals surface area contributed by atoms with Crippen molar-refractivity contribution < 1.29 is 49.4 Å². The smallest absolute Gasteiger partial charge is 0.348 e. The summed E-state index contributed by atoms with van der Waals surface area (Å²) in [6.45, 7) is 0. The van der Waals surface area contributed by atoms with Gasteiger partial charge in [0.1, 0.15) is 0 Å². The van der Waals surface area contributed by atoms with Crippen LogP contribution >= 0.6 is 0 Å². The highest BCUT2D eigenvalue weighted by Gasteiger charge is 2.68. The van der Waals surface area contributed by atoms with Gasteiger partial charge in [-0.3, -0.25) is 9.59 Å². The van der Waals surface area contributed by atoms with Gasteiger partial charge < -0.3 is 30.3 Å². The first kappa shape index (κ1) is 25.0. The summed E-state index contributed by atoms with van der Waals surface area (Å²) in [5, 5.41) is 49.7. The van der Waals surface area contributed by atoms with Crippen LogP contribution in [0, 0.1) is 0 Å². The Labute approximate surface area is 187 Å². The highest BCUT2D eigenvalue weighted by Crippen LogP contribution is 2.30. The second kappa shape index (κ2) is 9.90. The van der Waals surface area contributed by atoms with Gasteiger partial charge in [0.25, 0.3) is 11.2 Å². The molecule has 0 saturated carbocycles. The number of carboxylic acids is 2. The van der Waals surface area contributed by atoms with Crippen LogP contribution in [0.25, 0.3) is 12.2 Å². The van der Waals surface area contributed by atoms with E-state index < -0.39 is 34.7 Å². The van der Waals surface area contributed by atoms with Crippen molar-refractivity contribution in [3.05, 3.63) is 71.8 Å². The number of carbonyl (C=O) groups excluding carboxylic acids is 2. The molecule has 5 N–H and O–H groups in total. The van der Waals surface area contributed by atoms with Crippen molar-refractivity contribution in [2.45, 2.75) is 11.2 Å². The van der Waals surface area contributed by atoms with Crippen molar-refractivity contribution in [3.8, 4) is 11.5 Å². The predicted molar refractivity (Wildman–Crippen MR) is 114 cm³/mol. The molecule has 0 aromatic heterocycles. The van der Waals surface area contributed by atoms with Gasteiger partial charge in [0, 0.05) is 0 Å². The minimum Gasteiger partial charge on any atom is -0.504 e. The Kier molecular flexibility index (Phi) is 7.49. The molecular weight excluding hydrogens is 436 g/mol. The molecule has 2 aromatic carbocycles. The topological polar surface area (TPSA) is 179 Å². The maximum absolute atomic E-state index is 12.6. The van der Waals surface area contributed by atoms with Crippen molar-refractivity contribution in [2.24, 2.45) is 0 Å². The van der Waals surface area contributed by atoms with Crippen molar-refractivity contribution in [2.75, 3.05) is 7.11 Å². The van der Waals surface area contributed by atoms with Crippen LogP contribution < -0.4 is 4.74 Å². The van der Waals surface area contributed by atoms with E-state index in [1.165, 1.54) is 37.4 Å². The van der Waals surface area contributed by atoms with Gasteiger partial charge in [-0.15, -0.1) is 0 Å². The summed E-state index contributed by atoms with van der Waals surface area (Å²) in [5.41, 5.74) is -7.50. The van der Waals surface area contributed by atoms with Crippen molar-refractivity contribution in [3.63, 3.8) is 0 Å². The van der Waals surface area contributed by atoms with Crippen molar-refractivity contribution in [1.29, 1.82) is 0 Å². The van der Waals surface area contributed by atoms with Crippen LogP contribution in [0.4, 0.5) is 0 Å². The van der Waals surface area contributed by atoms with Gasteiger partial charge in [0.15, 0.2) is 11.5 Å². The fourth-order valence-electron chi connectivity index (χ4n) is 2.82. The summed E-state index contributed by atoms with van der Waals surface area (Å²) in [6.07, 6.45) is 3.10. The Balaban J connectivity index is 2.48. The lowest BCUT2D eigenvalue weighted by Crippen LogP contribution is -2.71. The number of phenols is 1. The maximum Gasteiger partial charge on any atom is 0.348 e. The molecule has 0 aliphatic rings. The number of aromatic hydroxyl groups is 1. The summed E-state index contributed by atoms with van der Waals surface area (Å²) in [7, 11) is 1.26. The molecule has 0 bridgehead atoms. The number of hydrogen-bond donors (Lipinski definition) is 5. The minimum atomic E-state index is -4.06. The molecular formula is C23H20O10. The van der Waals surface area contributed by atoms with Crippen LogP contribution in [-0.2, 0) is 19.2 Å². The minimum absolute atomic E-state index is 0.0152. The van der Waals surface area contributed by atoms with Crippen LogP contribution in [-0.4, -0.2) is 67.3 Å². The molecule has 0 radical (unpaired) electrons. The Morgan fingerprint density at radius 3 is 1.73 bits per heavy atom. The number of carbonyl (C=O) groups is 4. The molecule has 2 unspecified atom stereocenters. The van der Waals surface area contributed by atoms with Gasteiger partial charge >= 0.3 is 11.9 Å². The molecule has 2 aromatic rings. The lowest BCUT2D eigenvalue weighted by atomic mass is 9.76. The zero-order valence-electron chi connectivity index (χ0n) is 17.2. The third-order valence-electron chi connectivity index (χ3n) is 4.71. The molecule has 10 nitrogen and oxygen atoms in total. The van der Waals surface area contributed by atoms with E-state index in [2.05, 4.69) is 0 Å². The Morgan fingerprint density at radius 1 is 0.788 bits per heavy atom. The van der Waals surface area contributed by atoms with Gasteiger partial charge in [-0.25, -0.2) is 9.59 Å². The summed E-state index contributed by atoms with van der Waals surface area (Å²) in [4.78, 5) is 48.8. The Hall–Kier alpha value is -4.28. The van der Waals surface area contributed by atoms with Crippen LogP contribution in [0.15, 0.2) is 60.7 Å². The van der Waals surface area contributed by atoms with Crippen molar-refractivity contribution >= 4 is 35.7 Å². The fraction of sp³-hybridized carbons (Fsp3) is 0.130.